The van der Waals surface area contributed by atoms with Gasteiger partial charge in [0.1, 0.15) is 6.61 Å². The third-order valence-corrected chi connectivity index (χ3v) is 5.44. The van der Waals surface area contributed by atoms with Crippen LogP contribution in [-0.4, -0.2) is 23.8 Å². The summed E-state index contributed by atoms with van der Waals surface area (Å²) in [5.41, 5.74) is 1.08. The van der Waals surface area contributed by atoms with Gasteiger partial charge in [0.25, 0.3) is 0 Å². The van der Waals surface area contributed by atoms with E-state index in [4.69, 9.17) is 4.74 Å². The van der Waals surface area contributed by atoms with Gasteiger partial charge in [-0.25, -0.2) is 0 Å². The summed E-state index contributed by atoms with van der Waals surface area (Å²) in [5.74, 6) is 0.247. The van der Waals surface area contributed by atoms with Gasteiger partial charge in [-0.2, -0.15) is 0 Å². The molecule has 0 bridgehead atoms. The number of rotatable bonds is 0. The van der Waals surface area contributed by atoms with Crippen LogP contribution in [0.2, 0.25) is 0 Å². The monoisotopic (exact) mass is 250 g/mol. The Hall–Kier alpha value is -0.830. The van der Waals surface area contributed by atoms with Crippen molar-refractivity contribution in [3.05, 3.63) is 11.6 Å². The molecule has 0 unspecified atom stereocenters. The second kappa shape index (κ2) is 3.60. The van der Waals surface area contributed by atoms with Crippen molar-refractivity contribution in [2.24, 2.45) is 22.7 Å². The summed E-state index contributed by atoms with van der Waals surface area (Å²) in [6.45, 7) is 7.07. The molecule has 18 heavy (non-hydrogen) atoms. The number of carbonyl (C=O) groups is 1. The highest BCUT2D eigenvalue weighted by Crippen LogP contribution is 2.60. The van der Waals surface area contributed by atoms with Crippen LogP contribution in [0.1, 0.15) is 40.0 Å². The molecule has 1 heterocycles. The van der Waals surface area contributed by atoms with Gasteiger partial charge in [0.15, 0.2) is 0 Å². The number of aliphatic hydroxyl groups is 1. The quantitative estimate of drug-likeness (QED) is 0.530. The van der Waals surface area contributed by atoms with Crippen molar-refractivity contribution in [1.82, 2.24) is 0 Å². The molecule has 4 atom stereocenters. The van der Waals surface area contributed by atoms with E-state index in [1.165, 1.54) is 0 Å². The van der Waals surface area contributed by atoms with Gasteiger partial charge < -0.3 is 9.84 Å². The third-order valence-electron chi connectivity index (χ3n) is 5.44. The van der Waals surface area contributed by atoms with E-state index in [1.54, 1.807) is 0 Å². The van der Waals surface area contributed by atoms with Gasteiger partial charge in [-0.1, -0.05) is 26.8 Å². The maximum atomic E-state index is 12.0. The van der Waals surface area contributed by atoms with Gasteiger partial charge in [-0.3, -0.25) is 4.79 Å². The van der Waals surface area contributed by atoms with Crippen molar-refractivity contribution in [2.45, 2.75) is 46.1 Å². The van der Waals surface area contributed by atoms with Crippen molar-refractivity contribution in [1.29, 1.82) is 0 Å². The Bertz CT molecular complexity index is 423. The van der Waals surface area contributed by atoms with Crippen LogP contribution in [0.15, 0.2) is 11.6 Å². The lowest BCUT2D eigenvalue weighted by molar-refractivity contribution is -0.152. The first-order valence-electron chi connectivity index (χ1n) is 6.88. The minimum Gasteiger partial charge on any atom is -0.461 e. The molecule has 1 N–H and O–H groups in total. The van der Waals surface area contributed by atoms with Crippen LogP contribution in [0.4, 0.5) is 0 Å². The number of allylic oxidation sites excluding steroid dienone is 1. The van der Waals surface area contributed by atoms with E-state index >= 15 is 0 Å². The van der Waals surface area contributed by atoms with Gasteiger partial charge in [-0.15, -0.1) is 0 Å². The molecule has 0 aromatic heterocycles. The number of cyclic esters (lactones) is 1. The summed E-state index contributed by atoms with van der Waals surface area (Å²) < 4.78 is 5.23. The molecule has 0 aromatic rings. The van der Waals surface area contributed by atoms with E-state index < -0.39 is 0 Å². The molecule has 3 rings (SSSR count). The van der Waals surface area contributed by atoms with Crippen molar-refractivity contribution in [3.63, 3.8) is 0 Å². The molecule has 3 heteroatoms. The normalized spacial score (nSPS) is 45.9. The maximum Gasteiger partial charge on any atom is 0.314 e. The summed E-state index contributed by atoms with van der Waals surface area (Å²) in [4.78, 5) is 12.0. The fourth-order valence-corrected chi connectivity index (χ4v) is 4.88. The lowest BCUT2D eigenvalue weighted by Gasteiger charge is -2.55. The fourth-order valence-electron chi connectivity index (χ4n) is 4.88. The molecule has 0 amide bonds. The van der Waals surface area contributed by atoms with Crippen LogP contribution in [0, 0.1) is 22.7 Å². The van der Waals surface area contributed by atoms with Gasteiger partial charge in [0.2, 0.25) is 0 Å². The van der Waals surface area contributed by atoms with Crippen LogP contribution < -0.4 is 0 Å². The van der Waals surface area contributed by atoms with Crippen molar-refractivity contribution in [3.8, 4) is 0 Å². The molecule has 100 valence electrons. The van der Waals surface area contributed by atoms with E-state index in [-0.39, 0.29) is 28.8 Å². The Balaban J connectivity index is 2.07. The number of ether oxygens (including phenoxy) is 1. The molecule has 2 aliphatic carbocycles. The summed E-state index contributed by atoms with van der Waals surface area (Å²) in [7, 11) is 0. The molecule has 3 aliphatic rings. The highest BCUT2D eigenvalue weighted by Gasteiger charge is 2.58. The van der Waals surface area contributed by atoms with Crippen molar-refractivity contribution >= 4 is 5.97 Å². The molecular formula is C15H22O3. The number of carbonyl (C=O) groups excluding carboxylic acids is 1. The highest BCUT2D eigenvalue weighted by molar-refractivity contribution is 5.80. The van der Waals surface area contributed by atoms with Crippen LogP contribution in [0.5, 0.6) is 0 Å². The van der Waals surface area contributed by atoms with E-state index in [0.717, 1.165) is 24.8 Å². The molecule has 3 nitrogen and oxygen atoms in total. The largest absolute Gasteiger partial charge is 0.461 e. The van der Waals surface area contributed by atoms with E-state index in [1.807, 2.05) is 0 Å². The Morgan fingerprint density at radius 3 is 2.78 bits per heavy atom. The zero-order valence-corrected chi connectivity index (χ0v) is 11.4. The molecule has 0 radical (unpaired) electrons. The van der Waals surface area contributed by atoms with Crippen molar-refractivity contribution < 1.29 is 14.6 Å². The van der Waals surface area contributed by atoms with Crippen LogP contribution in [-0.2, 0) is 9.53 Å². The zero-order chi connectivity index (χ0) is 13.1. The van der Waals surface area contributed by atoms with E-state index in [2.05, 4.69) is 26.8 Å². The third kappa shape index (κ3) is 1.49. The topological polar surface area (TPSA) is 46.5 Å². The molecular weight excluding hydrogens is 228 g/mol. The van der Waals surface area contributed by atoms with E-state index in [0.29, 0.717) is 12.5 Å². The van der Waals surface area contributed by atoms with Gasteiger partial charge in [-0.05, 0) is 41.6 Å². The minimum absolute atomic E-state index is 0.0807. The zero-order valence-electron chi connectivity index (χ0n) is 11.4. The SMILES string of the molecule is CC1(C)C[C@H](O)C[C@]2(C)[C@H]3C(=O)OCC3=CC[C@@H]12. The predicted molar refractivity (Wildman–Crippen MR) is 67.8 cm³/mol. The first-order valence-corrected chi connectivity index (χ1v) is 6.88. The number of esters is 1. The Kier molecular flexibility index (Phi) is 2.44. The lowest BCUT2D eigenvalue weighted by atomic mass is 9.48. The average Bonchev–Trinajstić information content (AvgIpc) is 2.58. The number of hydrogen-bond acceptors (Lipinski definition) is 3. The minimum atomic E-state index is -0.297. The number of fused-ring (bicyclic) bond motifs is 3. The smallest absolute Gasteiger partial charge is 0.314 e. The second-order valence-corrected chi connectivity index (χ2v) is 7.16. The molecule has 1 aliphatic heterocycles. The Labute approximate surface area is 108 Å². The summed E-state index contributed by atoms with van der Waals surface area (Å²) in [6, 6.07) is 0. The predicted octanol–water partition coefficient (Wildman–Crippen LogP) is 2.29. The first-order chi connectivity index (χ1) is 8.34. The molecule has 1 saturated carbocycles. The lowest BCUT2D eigenvalue weighted by Crippen LogP contribution is -2.53. The van der Waals surface area contributed by atoms with Crippen LogP contribution in [0.25, 0.3) is 0 Å². The van der Waals surface area contributed by atoms with Gasteiger partial charge in [0.05, 0.1) is 12.0 Å². The van der Waals surface area contributed by atoms with Gasteiger partial charge >= 0.3 is 5.97 Å². The Morgan fingerprint density at radius 1 is 1.33 bits per heavy atom. The summed E-state index contributed by atoms with van der Waals surface area (Å²) in [6.07, 6.45) is 4.48. The van der Waals surface area contributed by atoms with Crippen LogP contribution >= 0.6 is 0 Å². The summed E-state index contributed by atoms with van der Waals surface area (Å²) >= 11 is 0. The highest BCUT2D eigenvalue weighted by atomic mass is 16.5. The standard InChI is InChI=1S/C15H22O3/c1-14(2)6-10(16)7-15(3)11(14)5-4-9-8-18-13(17)12(9)15/h4,10-12,16H,5-8H2,1-3H3/t10-,11-,12+,15-/m0/s1. The molecule has 2 fully saturated rings. The second-order valence-electron chi connectivity index (χ2n) is 7.16. The number of hydrogen-bond donors (Lipinski definition) is 1. The van der Waals surface area contributed by atoms with Crippen molar-refractivity contribution in [2.75, 3.05) is 6.61 Å². The molecule has 0 aromatic carbocycles. The van der Waals surface area contributed by atoms with Crippen LogP contribution in [0.3, 0.4) is 0 Å². The maximum absolute atomic E-state index is 12.0. The Morgan fingerprint density at radius 2 is 2.06 bits per heavy atom. The fraction of sp³-hybridized carbons (Fsp3) is 0.800. The first kappa shape index (κ1) is 12.2. The number of aliphatic hydroxyl groups excluding tert-OH is 1. The van der Waals surface area contributed by atoms with Gasteiger partial charge in [0, 0.05) is 0 Å². The molecule has 1 saturated heterocycles. The molecule has 0 spiro atoms. The average molecular weight is 250 g/mol. The summed E-state index contributed by atoms with van der Waals surface area (Å²) in [5, 5.41) is 10.2. The van der Waals surface area contributed by atoms with E-state index in [9.17, 15) is 9.90 Å².